The van der Waals surface area contributed by atoms with Gasteiger partial charge in [0.15, 0.2) is 6.21 Å². The van der Waals surface area contributed by atoms with E-state index in [9.17, 15) is 9.90 Å². The average Bonchev–Trinajstić information content (AvgIpc) is 2.75. The molecule has 96 valence electrons. The van der Waals surface area contributed by atoms with Crippen LogP contribution in [0.25, 0.3) is 0 Å². The van der Waals surface area contributed by atoms with Crippen molar-refractivity contribution in [1.29, 1.82) is 0 Å². The van der Waals surface area contributed by atoms with E-state index in [-0.39, 0.29) is 0 Å². The molecule has 1 heterocycles. The lowest BCUT2D eigenvalue weighted by Crippen LogP contribution is -2.76. The molecule has 0 bridgehead atoms. The van der Waals surface area contributed by atoms with E-state index >= 15 is 0 Å². The Labute approximate surface area is 102 Å². The van der Waals surface area contributed by atoms with Gasteiger partial charge in [0.05, 0.1) is 13.1 Å². The number of hydrogen-bond acceptors (Lipinski definition) is 5. The molecule has 5 N–H and O–H groups in total. The lowest BCUT2D eigenvalue weighted by molar-refractivity contribution is -0.463. The number of hydrazone groups is 1. The number of aromatic nitrogens is 3. The van der Waals surface area contributed by atoms with Gasteiger partial charge in [0.25, 0.3) is 0 Å². The molecular weight excluding hydrogens is 238 g/mol. The summed E-state index contributed by atoms with van der Waals surface area (Å²) in [5.41, 5.74) is 0.457. The fourth-order valence-corrected chi connectivity index (χ4v) is 1.05. The number of methoxy groups -OCH3 is 1. The van der Waals surface area contributed by atoms with Gasteiger partial charge in [0.1, 0.15) is 5.75 Å². The molecule has 0 saturated heterocycles. The normalized spacial score (nSPS) is 9.83. The Morgan fingerprint density at radius 1 is 1.44 bits per heavy atom. The maximum atomic E-state index is 9.92. The van der Waals surface area contributed by atoms with Crippen LogP contribution in [-0.4, -0.2) is 28.5 Å². The number of hydrogen-bond donors (Lipinski definition) is 4. The molecule has 0 aliphatic carbocycles. The van der Waals surface area contributed by atoms with Crippen molar-refractivity contribution in [2.75, 3.05) is 7.11 Å². The van der Waals surface area contributed by atoms with E-state index in [2.05, 4.69) is 10.2 Å². The molecule has 2 aromatic rings. The van der Waals surface area contributed by atoms with Crippen molar-refractivity contribution in [3.8, 4) is 11.8 Å². The molecule has 18 heavy (non-hydrogen) atoms. The quantitative estimate of drug-likeness (QED) is 0.260. The van der Waals surface area contributed by atoms with Gasteiger partial charge in [-0.2, -0.15) is 5.10 Å². The van der Waals surface area contributed by atoms with Crippen LogP contribution in [0.4, 0.5) is 0 Å². The van der Waals surface area contributed by atoms with Crippen molar-refractivity contribution in [1.82, 2.24) is 15.2 Å². The molecule has 1 aromatic carbocycles. The van der Waals surface area contributed by atoms with Crippen LogP contribution < -0.4 is 26.5 Å². The highest BCUT2D eigenvalue weighted by molar-refractivity contribution is 5.74. The van der Waals surface area contributed by atoms with E-state index in [1.54, 1.807) is 13.3 Å². The fourth-order valence-electron chi connectivity index (χ4n) is 1.05. The van der Waals surface area contributed by atoms with Gasteiger partial charge < -0.3 is 14.8 Å². The minimum absolute atomic E-state index is 0.565. The van der Waals surface area contributed by atoms with Crippen LogP contribution >= 0.6 is 0 Å². The molecule has 0 atom stereocenters. The summed E-state index contributed by atoms with van der Waals surface area (Å²) in [6.07, 6.45) is 1.71. The fraction of sp³-hybridized carbons (Fsp3) is 0.100. The van der Waals surface area contributed by atoms with E-state index in [1.165, 1.54) is 0 Å². The predicted molar refractivity (Wildman–Crippen MR) is 62.0 cm³/mol. The summed E-state index contributed by atoms with van der Waals surface area (Å²) < 4.78 is 4.98. The molecule has 0 aliphatic rings. The number of nitrogens with two attached hydrogens (primary N) is 1. The molecule has 0 spiro atoms. The molecule has 2 rings (SSSR count). The van der Waals surface area contributed by atoms with Gasteiger partial charge in [0.2, 0.25) is 0 Å². The summed E-state index contributed by atoms with van der Waals surface area (Å²) in [5, 5.41) is 17.2. The highest BCUT2D eigenvalue weighted by Crippen LogP contribution is 2.08. The maximum Gasteiger partial charge on any atom is 0.339 e. The molecular formula is C10H13N5O3. The van der Waals surface area contributed by atoms with Crippen LogP contribution in [-0.2, 0) is 0 Å². The SMILES string of the molecule is COc1ccc(/C=[NH+]/N)cc1.O=c1[nH]nc([O-])[nH]1. The summed E-state index contributed by atoms with van der Waals surface area (Å²) >= 11 is 0. The Morgan fingerprint density at radius 2 is 2.11 bits per heavy atom. The first-order valence-electron chi connectivity index (χ1n) is 4.91. The third-order valence-electron chi connectivity index (χ3n) is 1.85. The second-order valence-electron chi connectivity index (χ2n) is 3.07. The zero-order valence-electron chi connectivity index (χ0n) is 9.64. The van der Waals surface area contributed by atoms with E-state index in [0.717, 1.165) is 11.3 Å². The minimum atomic E-state index is -0.634. The van der Waals surface area contributed by atoms with Crippen LogP contribution in [0.15, 0.2) is 29.1 Å². The molecule has 8 nitrogen and oxygen atoms in total. The highest BCUT2D eigenvalue weighted by atomic mass is 16.5. The molecule has 0 fully saturated rings. The number of nitrogens with one attached hydrogen (secondary N) is 3. The Hall–Kier alpha value is -2.77. The topological polar surface area (TPSA) is 134 Å². The zero-order valence-corrected chi connectivity index (χ0v) is 9.64. The number of nitrogens with zero attached hydrogens (tertiary/aromatic N) is 1. The Balaban J connectivity index is 0.000000199. The Bertz CT molecular complexity index is 543. The summed E-state index contributed by atoms with van der Waals surface area (Å²) in [7, 11) is 1.64. The van der Waals surface area contributed by atoms with Crippen molar-refractivity contribution in [2.24, 2.45) is 5.84 Å². The monoisotopic (exact) mass is 251 g/mol. The van der Waals surface area contributed by atoms with Crippen LogP contribution in [0.1, 0.15) is 5.56 Å². The average molecular weight is 251 g/mol. The maximum absolute atomic E-state index is 9.92. The number of benzene rings is 1. The van der Waals surface area contributed by atoms with Crippen molar-refractivity contribution in [2.45, 2.75) is 0 Å². The van der Waals surface area contributed by atoms with Gasteiger partial charge in [-0.05, 0) is 24.3 Å². The standard InChI is InChI=1S/C8H10N2O.C2H3N3O2/c1-11-8-4-2-7(3-5-8)6-10-9;6-1-3-2(7)5-4-1/h2-6H,9H2,1H3;(H3,3,4,5,6,7)/b10-6+;. The lowest BCUT2D eigenvalue weighted by Gasteiger charge is -1.96. The number of rotatable bonds is 2. The summed E-state index contributed by atoms with van der Waals surface area (Å²) in [5.74, 6) is 5.94. The van der Waals surface area contributed by atoms with Gasteiger partial charge in [0, 0.05) is 5.56 Å². The van der Waals surface area contributed by atoms with E-state index in [4.69, 9.17) is 10.6 Å². The van der Waals surface area contributed by atoms with Gasteiger partial charge in [-0.25, -0.2) is 15.7 Å². The zero-order chi connectivity index (χ0) is 13.4. The van der Waals surface area contributed by atoms with Crippen LogP contribution in [0, 0.1) is 0 Å². The number of ether oxygens (including phenoxy) is 1. The van der Waals surface area contributed by atoms with Crippen molar-refractivity contribution >= 4 is 6.21 Å². The summed E-state index contributed by atoms with van der Waals surface area (Å²) in [4.78, 5) is 11.8. The first-order chi connectivity index (χ1) is 8.65. The highest BCUT2D eigenvalue weighted by Gasteiger charge is 1.91. The first-order valence-corrected chi connectivity index (χ1v) is 4.91. The van der Waals surface area contributed by atoms with Crippen LogP contribution in [0.3, 0.4) is 0 Å². The van der Waals surface area contributed by atoms with Crippen LogP contribution in [0.2, 0.25) is 0 Å². The minimum Gasteiger partial charge on any atom is -0.845 e. The third-order valence-corrected chi connectivity index (χ3v) is 1.85. The van der Waals surface area contributed by atoms with Gasteiger partial charge >= 0.3 is 5.69 Å². The third kappa shape index (κ3) is 4.39. The molecule has 0 unspecified atom stereocenters. The number of hydrazine groups is 1. The van der Waals surface area contributed by atoms with Gasteiger partial charge in [-0.3, -0.25) is 0 Å². The van der Waals surface area contributed by atoms with Crippen molar-refractivity contribution < 1.29 is 14.9 Å². The molecule has 0 saturated carbocycles. The molecule has 8 heteroatoms. The van der Waals surface area contributed by atoms with Gasteiger partial charge in [-0.1, -0.05) is 0 Å². The number of H-pyrrole nitrogens is 2. The second-order valence-corrected chi connectivity index (χ2v) is 3.07. The Kier molecular flexibility index (Phi) is 4.98. The first kappa shape index (κ1) is 13.3. The largest absolute Gasteiger partial charge is 0.845 e. The van der Waals surface area contributed by atoms with E-state index < -0.39 is 11.7 Å². The van der Waals surface area contributed by atoms with E-state index in [1.807, 2.05) is 34.3 Å². The lowest BCUT2D eigenvalue weighted by atomic mass is 10.2. The predicted octanol–water partition coefficient (Wildman–Crippen LogP) is -2.76. The number of aromatic amines is 2. The van der Waals surface area contributed by atoms with Crippen molar-refractivity contribution in [3.05, 3.63) is 40.3 Å². The Morgan fingerprint density at radius 3 is 2.44 bits per heavy atom. The molecule has 0 amide bonds. The second kappa shape index (κ2) is 6.74. The van der Waals surface area contributed by atoms with Crippen LogP contribution in [0.5, 0.6) is 11.8 Å². The van der Waals surface area contributed by atoms with Gasteiger partial charge in [-0.15, -0.1) is 5.10 Å². The molecule has 0 aliphatic heterocycles. The van der Waals surface area contributed by atoms with Crippen molar-refractivity contribution in [3.63, 3.8) is 0 Å². The summed E-state index contributed by atoms with van der Waals surface area (Å²) in [6.45, 7) is 0. The smallest absolute Gasteiger partial charge is 0.339 e. The molecule has 0 radical (unpaired) electrons. The summed E-state index contributed by atoms with van der Waals surface area (Å²) in [6, 6.07) is 6.95. The molecule has 1 aromatic heterocycles. The van der Waals surface area contributed by atoms with E-state index in [0.29, 0.717) is 0 Å².